The van der Waals surface area contributed by atoms with Crippen LogP contribution in [0.5, 0.6) is 0 Å². The van der Waals surface area contributed by atoms with Crippen LogP contribution in [0.3, 0.4) is 0 Å². The number of nitrogens with two attached hydrogens (primary N) is 1. The van der Waals surface area contributed by atoms with Crippen LogP contribution in [0.15, 0.2) is 0 Å². The van der Waals surface area contributed by atoms with Gasteiger partial charge in [0.1, 0.15) is 0 Å². The predicted octanol–water partition coefficient (Wildman–Crippen LogP) is 3.29. The van der Waals surface area contributed by atoms with E-state index in [0.29, 0.717) is 6.04 Å². The van der Waals surface area contributed by atoms with E-state index in [1.54, 1.807) is 0 Å². The molecule has 0 fully saturated rings. The highest BCUT2D eigenvalue weighted by Gasteiger charge is 1.95. The zero-order valence-corrected chi connectivity index (χ0v) is 5.44. The van der Waals surface area contributed by atoms with Gasteiger partial charge in [-0.15, -0.1) is 0 Å². The van der Waals surface area contributed by atoms with E-state index < -0.39 is 0 Å². The molecule has 10 heavy (non-hydrogen) atoms. The average molecular weight is 149 g/mol. The summed E-state index contributed by atoms with van der Waals surface area (Å²) in [5.41, 5.74) is 5.49. The normalized spacial score (nSPS) is 10.5. The molecule has 2 N–H and O–H groups in total. The third kappa shape index (κ3) is 24.6. The van der Waals surface area contributed by atoms with Crippen molar-refractivity contribution >= 4 is 0 Å². The van der Waals surface area contributed by atoms with Crippen LogP contribution >= 0.6 is 0 Å². The fourth-order valence-corrected chi connectivity index (χ4v) is 0.744. The summed E-state index contributed by atoms with van der Waals surface area (Å²) in [6.45, 7) is 6.41. The van der Waals surface area contributed by atoms with Crippen LogP contribution in [0.4, 0.5) is 0 Å². The van der Waals surface area contributed by atoms with Gasteiger partial charge in [0.05, 0.1) is 0 Å². The highest BCUT2D eigenvalue weighted by molar-refractivity contribution is 4.54. The maximum absolute atomic E-state index is 5.49. The predicted molar refractivity (Wildman–Crippen MR) is 53.3 cm³/mol. The molecule has 0 amide bonds. The fourth-order valence-electron chi connectivity index (χ4n) is 0.744. The van der Waals surface area contributed by atoms with Crippen molar-refractivity contribution in [1.82, 2.24) is 0 Å². The van der Waals surface area contributed by atoms with E-state index >= 15 is 0 Å². The van der Waals surface area contributed by atoms with Crippen LogP contribution in [0.25, 0.3) is 0 Å². The maximum atomic E-state index is 5.49. The van der Waals surface area contributed by atoms with Crippen LogP contribution in [-0.2, 0) is 0 Å². The summed E-state index contributed by atoms with van der Waals surface area (Å²) < 4.78 is 0. The van der Waals surface area contributed by atoms with Gasteiger partial charge in [-0.3, -0.25) is 0 Å². The van der Waals surface area contributed by atoms with Gasteiger partial charge in [0.15, 0.2) is 0 Å². The highest BCUT2D eigenvalue weighted by Crippen LogP contribution is 2.00. The molecule has 0 aliphatic rings. The summed E-state index contributed by atoms with van der Waals surface area (Å²) in [5, 5.41) is 0. The number of hydrogen-bond donors (Lipinski definition) is 1. The molecular formula is C9H27N. The molecule has 0 rings (SSSR count). The van der Waals surface area contributed by atoms with E-state index in [-0.39, 0.29) is 22.3 Å². The third-order valence-electron chi connectivity index (χ3n) is 0.843. The van der Waals surface area contributed by atoms with E-state index in [9.17, 15) is 0 Å². The lowest BCUT2D eigenvalue weighted by molar-refractivity contribution is 0.520. The summed E-state index contributed by atoms with van der Waals surface area (Å²) >= 11 is 0. The molecule has 0 saturated heterocycles. The number of hydrogen-bond acceptors (Lipinski definition) is 1. The Labute approximate surface area is 68.0 Å². The van der Waals surface area contributed by atoms with Crippen LogP contribution in [0.1, 0.15) is 49.5 Å². The summed E-state index contributed by atoms with van der Waals surface area (Å²) in [6.07, 6.45) is 1.14. The first kappa shape index (κ1) is 22.5. The van der Waals surface area contributed by atoms with Crippen molar-refractivity contribution in [3.63, 3.8) is 0 Å². The van der Waals surface area contributed by atoms with Gasteiger partial charge in [-0.1, -0.05) is 36.1 Å². The molecule has 0 saturated carbocycles. The first-order valence-electron chi connectivity index (χ1n) is 2.88. The maximum Gasteiger partial charge on any atom is 0.00129 e. The van der Waals surface area contributed by atoms with Crippen LogP contribution in [-0.4, -0.2) is 6.04 Å². The monoisotopic (exact) mass is 149 g/mol. The second-order valence-electron chi connectivity index (χ2n) is 2.61. The first-order valence-corrected chi connectivity index (χ1v) is 2.88. The van der Waals surface area contributed by atoms with Crippen LogP contribution in [0.2, 0.25) is 0 Å². The van der Waals surface area contributed by atoms with Gasteiger partial charge in [-0.05, 0) is 19.3 Å². The summed E-state index contributed by atoms with van der Waals surface area (Å²) in [5.74, 6) is 0.750. The van der Waals surface area contributed by atoms with Crippen molar-refractivity contribution in [2.45, 2.75) is 55.5 Å². The molecule has 1 heteroatoms. The minimum atomic E-state index is 0. The van der Waals surface area contributed by atoms with E-state index in [1.807, 2.05) is 6.92 Å². The SMILES string of the molecule is C.C.C.CC(C)CC(C)N. The van der Waals surface area contributed by atoms with Gasteiger partial charge in [-0.25, -0.2) is 0 Å². The van der Waals surface area contributed by atoms with E-state index in [0.717, 1.165) is 12.3 Å². The van der Waals surface area contributed by atoms with Crippen molar-refractivity contribution in [1.29, 1.82) is 0 Å². The standard InChI is InChI=1S/C6H15N.3CH4/c1-5(2)4-6(3)7;;;/h5-6H,4,7H2,1-3H3;3*1H4. The third-order valence-corrected chi connectivity index (χ3v) is 0.843. The second kappa shape index (κ2) is 11.7. The Morgan fingerprint density at radius 2 is 1.30 bits per heavy atom. The van der Waals surface area contributed by atoms with Crippen molar-refractivity contribution in [2.75, 3.05) is 0 Å². The molecule has 0 spiro atoms. The van der Waals surface area contributed by atoms with Gasteiger partial charge in [-0.2, -0.15) is 0 Å². The molecule has 1 atom stereocenters. The molecule has 0 aliphatic heterocycles. The van der Waals surface area contributed by atoms with Crippen molar-refractivity contribution < 1.29 is 0 Å². The smallest absolute Gasteiger partial charge is 0.00129 e. The zero-order chi connectivity index (χ0) is 5.86. The number of rotatable bonds is 2. The molecule has 0 aromatic carbocycles. The molecule has 0 bridgehead atoms. The molecule has 1 unspecified atom stereocenters. The van der Waals surface area contributed by atoms with Gasteiger partial charge in [0, 0.05) is 6.04 Å². The quantitative estimate of drug-likeness (QED) is 0.640. The van der Waals surface area contributed by atoms with Gasteiger partial charge in [0.2, 0.25) is 0 Å². The van der Waals surface area contributed by atoms with Gasteiger partial charge < -0.3 is 5.73 Å². The van der Waals surface area contributed by atoms with Gasteiger partial charge in [0.25, 0.3) is 0 Å². The molecule has 0 aromatic heterocycles. The summed E-state index contributed by atoms with van der Waals surface area (Å²) in [7, 11) is 0. The Balaban J connectivity index is -0.0000000600. The highest BCUT2D eigenvalue weighted by atomic mass is 14.6. The van der Waals surface area contributed by atoms with E-state index in [4.69, 9.17) is 5.73 Å². The van der Waals surface area contributed by atoms with Crippen molar-refractivity contribution in [2.24, 2.45) is 11.7 Å². The second-order valence-corrected chi connectivity index (χ2v) is 2.61. The van der Waals surface area contributed by atoms with Crippen molar-refractivity contribution in [3.8, 4) is 0 Å². The molecule has 0 aliphatic carbocycles. The molecule has 0 radical (unpaired) electrons. The minimum absolute atomic E-state index is 0. The average Bonchev–Trinajstić information content (AvgIpc) is 1.27. The van der Waals surface area contributed by atoms with Gasteiger partial charge >= 0.3 is 0 Å². The molecular weight excluding hydrogens is 122 g/mol. The lowest BCUT2D eigenvalue weighted by atomic mass is 10.1. The summed E-state index contributed by atoms with van der Waals surface area (Å²) in [6, 6.07) is 0.375. The Morgan fingerprint density at radius 3 is 1.30 bits per heavy atom. The Kier molecular flexibility index (Phi) is 26.4. The fraction of sp³-hybridized carbons (Fsp3) is 1.00. The first-order chi connectivity index (χ1) is 3.13. The molecule has 0 aromatic rings. The molecule has 1 nitrogen and oxygen atoms in total. The lowest BCUT2D eigenvalue weighted by Crippen LogP contribution is -2.16. The Hall–Kier alpha value is -0.0400. The summed E-state index contributed by atoms with van der Waals surface area (Å²) in [4.78, 5) is 0. The Morgan fingerprint density at radius 1 is 1.00 bits per heavy atom. The minimum Gasteiger partial charge on any atom is -0.328 e. The van der Waals surface area contributed by atoms with Crippen LogP contribution < -0.4 is 5.73 Å². The van der Waals surface area contributed by atoms with E-state index in [2.05, 4.69) is 13.8 Å². The molecule has 0 heterocycles. The molecule has 68 valence electrons. The topological polar surface area (TPSA) is 26.0 Å². The zero-order valence-electron chi connectivity index (χ0n) is 5.44. The van der Waals surface area contributed by atoms with E-state index in [1.165, 1.54) is 0 Å². The lowest BCUT2D eigenvalue weighted by Gasteiger charge is -2.05. The largest absolute Gasteiger partial charge is 0.328 e. The van der Waals surface area contributed by atoms with Crippen molar-refractivity contribution in [3.05, 3.63) is 0 Å². The Bertz CT molecular complexity index is 34.0. The van der Waals surface area contributed by atoms with Crippen LogP contribution in [0, 0.1) is 5.92 Å².